The third-order valence-corrected chi connectivity index (χ3v) is 6.09. The van der Waals surface area contributed by atoms with Gasteiger partial charge >= 0.3 is 0 Å². The number of amides is 1. The van der Waals surface area contributed by atoms with Crippen LogP contribution in [0.1, 0.15) is 11.3 Å². The zero-order valence-electron chi connectivity index (χ0n) is 18.4. The van der Waals surface area contributed by atoms with Gasteiger partial charge in [-0.25, -0.2) is 18.1 Å². The summed E-state index contributed by atoms with van der Waals surface area (Å²) in [6.45, 7) is 5.97. The van der Waals surface area contributed by atoms with Crippen LogP contribution in [0.3, 0.4) is 0 Å². The number of pyridine rings is 1. The van der Waals surface area contributed by atoms with Crippen molar-refractivity contribution in [2.75, 3.05) is 12.0 Å². The summed E-state index contributed by atoms with van der Waals surface area (Å²) in [5.74, 6) is -0.295. The zero-order valence-corrected chi connectivity index (χ0v) is 19.2. The molecule has 0 saturated heterocycles. The largest absolute Gasteiger partial charge is 0.347 e. The lowest BCUT2D eigenvalue weighted by Crippen LogP contribution is -2.20. The molecule has 0 fully saturated rings. The molecule has 3 aromatic heterocycles. The summed E-state index contributed by atoms with van der Waals surface area (Å²) in [5.41, 5.74) is 4.91. The first kappa shape index (κ1) is 22.4. The molecule has 0 saturated carbocycles. The van der Waals surface area contributed by atoms with Gasteiger partial charge < -0.3 is 5.32 Å². The van der Waals surface area contributed by atoms with E-state index in [-0.39, 0.29) is 24.7 Å². The van der Waals surface area contributed by atoms with Crippen LogP contribution in [-0.2, 0) is 27.7 Å². The van der Waals surface area contributed by atoms with E-state index in [1.807, 2.05) is 37.3 Å². The van der Waals surface area contributed by atoms with Gasteiger partial charge in [0.2, 0.25) is 5.91 Å². The van der Waals surface area contributed by atoms with E-state index in [0.717, 1.165) is 27.8 Å². The second kappa shape index (κ2) is 8.99. The molecular formula is C23H24N6O3S. The number of sulfone groups is 1. The van der Waals surface area contributed by atoms with Crippen molar-refractivity contribution in [3.05, 3.63) is 72.8 Å². The van der Waals surface area contributed by atoms with Crippen LogP contribution >= 0.6 is 0 Å². The Bertz CT molecular complexity index is 1430. The van der Waals surface area contributed by atoms with Crippen molar-refractivity contribution in [2.45, 2.75) is 20.0 Å². The van der Waals surface area contributed by atoms with Crippen LogP contribution in [0.15, 0.2) is 61.6 Å². The number of carbonyl (C=O) groups is 1. The lowest BCUT2D eigenvalue weighted by Gasteiger charge is -2.05. The summed E-state index contributed by atoms with van der Waals surface area (Å²) in [6.07, 6.45) is 7.60. The number of nitrogens with one attached hydrogen (secondary N) is 1. The highest BCUT2D eigenvalue weighted by Crippen LogP contribution is 2.31. The summed E-state index contributed by atoms with van der Waals surface area (Å²) >= 11 is 0. The van der Waals surface area contributed by atoms with Gasteiger partial charge in [0, 0.05) is 24.2 Å². The maximum atomic E-state index is 11.8. The van der Waals surface area contributed by atoms with Crippen LogP contribution < -0.4 is 5.32 Å². The molecule has 170 valence electrons. The number of rotatable bonds is 8. The van der Waals surface area contributed by atoms with Gasteiger partial charge in [-0.1, -0.05) is 24.3 Å². The molecule has 0 aliphatic rings. The average Bonchev–Trinajstić information content (AvgIpc) is 3.41. The maximum absolute atomic E-state index is 11.8. The fourth-order valence-corrected chi connectivity index (χ4v) is 3.99. The van der Waals surface area contributed by atoms with E-state index in [9.17, 15) is 13.2 Å². The minimum Gasteiger partial charge on any atom is -0.347 e. The second-order valence-corrected chi connectivity index (χ2v) is 10.1. The van der Waals surface area contributed by atoms with Crippen LogP contribution in [0, 0.1) is 6.92 Å². The molecule has 4 aromatic rings. The first-order valence-electron chi connectivity index (χ1n) is 10.3. The third-order valence-electron chi connectivity index (χ3n) is 5.17. The van der Waals surface area contributed by atoms with Crippen molar-refractivity contribution in [1.29, 1.82) is 0 Å². The molecule has 1 amide bonds. The number of aromatic nitrogens is 5. The molecule has 0 radical (unpaired) electrons. The molecule has 3 heterocycles. The third kappa shape index (κ3) is 5.01. The number of benzene rings is 1. The van der Waals surface area contributed by atoms with Crippen molar-refractivity contribution in [1.82, 2.24) is 29.9 Å². The lowest BCUT2D eigenvalue weighted by atomic mass is 10.1. The molecule has 0 aliphatic heterocycles. The topological polar surface area (TPSA) is 112 Å². The van der Waals surface area contributed by atoms with E-state index in [2.05, 4.69) is 22.0 Å². The summed E-state index contributed by atoms with van der Waals surface area (Å²) in [7, 11) is -3.10. The van der Waals surface area contributed by atoms with Crippen molar-refractivity contribution in [2.24, 2.45) is 0 Å². The van der Waals surface area contributed by atoms with Gasteiger partial charge in [-0.3, -0.25) is 9.48 Å². The van der Waals surface area contributed by atoms with Crippen molar-refractivity contribution >= 4 is 26.8 Å². The Morgan fingerprint density at radius 2 is 1.97 bits per heavy atom. The predicted octanol–water partition coefficient (Wildman–Crippen LogP) is 2.44. The van der Waals surface area contributed by atoms with Gasteiger partial charge in [0.1, 0.15) is 9.84 Å². The van der Waals surface area contributed by atoms with Gasteiger partial charge in [-0.2, -0.15) is 10.2 Å². The van der Waals surface area contributed by atoms with Gasteiger partial charge in [-0.05, 0) is 36.8 Å². The molecule has 0 aliphatic carbocycles. The normalized spacial score (nSPS) is 11.6. The van der Waals surface area contributed by atoms with Gasteiger partial charge in [0.05, 0.1) is 41.8 Å². The van der Waals surface area contributed by atoms with Gasteiger partial charge in [-0.15, -0.1) is 0 Å². The molecule has 0 bridgehead atoms. The molecule has 33 heavy (non-hydrogen) atoms. The summed E-state index contributed by atoms with van der Waals surface area (Å²) < 4.78 is 26.4. The molecule has 0 atom stereocenters. The first-order valence-corrected chi connectivity index (χ1v) is 12.4. The average molecular weight is 465 g/mol. The minimum absolute atomic E-state index is 0.00403. The Kier molecular flexibility index (Phi) is 6.10. The minimum atomic E-state index is -3.10. The number of aryl methyl sites for hydroxylation is 2. The monoisotopic (exact) mass is 464 g/mol. The quantitative estimate of drug-likeness (QED) is 0.401. The number of fused-ring (bicyclic) bond motifs is 1. The Labute approximate surface area is 191 Å². The molecular weight excluding hydrogens is 440 g/mol. The fourth-order valence-electron chi connectivity index (χ4n) is 3.47. The van der Waals surface area contributed by atoms with Gasteiger partial charge in [0.25, 0.3) is 0 Å². The molecule has 1 aromatic carbocycles. The Morgan fingerprint density at radius 1 is 1.21 bits per heavy atom. The van der Waals surface area contributed by atoms with Gasteiger partial charge in [0.15, 0.2) is 5.65 Å². The molecule has 0 unspecified atom stereocenters. The smallest absolute Gasteiger partial charge is 0.243 e. The molecule has 0 spiro atoms. The van der Waals surface area contributed by atoms with E-state index in [4.69, 9.17) is 5.10 Å². The van der Waals surface area contributed by atoms with E-state index in [0.29, 0.717) is 11.3 Å². The number of nitrogens with zero attached hydrogens (tertiary/aromatic N) is 5. The summed E-state index contributed by atoms with van der Waals surface area (Å²) in [5, 5.41) is 12.6. The van der Waals surface area contributed by atoms with Crippen LogP contribution in [0.5, 0.6) is 0 Å². The number of hydrogen-bond donors (Lipinski definition) is 1. The van der Waals surface area contributed by atoms with Crippen LogP contribution in [0.2, 0.25) is 0 Å². The predicted molar refractivity (Wildman–Crippen MR) is 127 cm³/mol. The lowest BCUT2D eigenvalue weighted by molar-refractivity contribution is -0.116. The fraction of sp³-hybridized carbons (Fsp3) is 0.217. The standard InChI is InChI=1S/C23H24N6O3S/c1-4-21(30)25-14-20-22-19(17-13-26-28(15-17)11-12-33(3,31)32)9-10-24-23(22)29(27-20)18-7-5-16(2)6-8-18/h4-10,13,15H,1,11-12,14H2,2-3H3,(H,25,30). The van der Waals surface area contributed by atoms with E-state index >= 15 is 0 Å². The Morgan fingerprint density at radius 3 is 2.67 bits per heavy atom. The molecule has 10 heteroatoms. The van der Waals surface area contributed by atoms with Crippen molar-refractivity contribution < 1.29 is 13.2 Å². The molecule has 4 rings (SSSR count). The van der Waals surface area contributed by atoms with Crippen LogP contribution in [0.4, 0.5) is 0 Å². The summed E-state index contributed by atoms with van der Waals surface area (Å²) in [4.78, 5) is 16.4. The number of carbonyl (C=O) groups excluding carboxylic acids is 1. The SMILES string of the molecule is C=CC(=O)NCc1nn(-c2ccc(C)cc2)c2nccc(-c3cnn(CCS(C)(=O)=O)c3)c12. The highest BCUT2D eigenvalue weighted by atomic mass is 32.2. The second-order valence-electron chi connectivity index (χ2n) is 7.80. The zero-order chi connectivity index (χ0) is 23.6. The maximum Gasteiger partial charge on any atom is 0.243 e. The Balaban J connectivity index is 1.82. The Hall–Kier alpha value is -3.79. The van der Waals surface area contributed by atoms with Crippen LogP contribution in [0.25, 0.3) is 27.8 Å². The van der Waals surface area contributed by atoms with E-state index in [1.54, 1.807) is 28.0 Å². The highest BCUT2D eigenvalue weighted by Gasteiger charge is 2.19. The molecule has 9 nitrogen and oxygen atoms in total. The first-order chi connectivity index (χ1) is 15.7. The van der Waals surface area contributed by atoms with Crippen molar-refractivity contribution in [3.8, 4) is 16.8 Å². The molecule has 1 N–H and O–H groups in total. The summed E-state index contributed by atoms with van der Waals surface area (Å²) in [6, 6.07) is 9.78. The van der Waals surface area contributed by atoms with Crippen LogP contribution in [-0.4, -0.2) is 50.9 Å². The highest BCUT2D eigenvalue weighted by molar-refractivity contribution is 7.90. The van der Waals surface area contributed by atoms with E-state index in [1.165, 1.54) is 12.3 Å². The van der Waals surface area contributed by atoms with Crippen molar-refractivity contribution in [3.63, 3.8) is 0 Å². The van der Waals surface area contributed by atoms with E-state index < -0.39 is 9.84 Å². The number of hydrogen-bond acceptors (Lipinski definition) is 6.